The van der Waals surface area contributed by atoms with E-state index in [4.69, 9.17) is 4.74 Å². The summed E-state index contributed by atoms with van der Waals surface area (Å²) in [5.41, 5.74) is 4.11. The Morgan fingerprint density at radius 2 is 1.76 bits per heavy atom. The van der Waals surface area contributed by atoms with Crippen LogP contribution in [0.2, 0.25) is 0 Å². The molecule has 1 aliphatic rings. The maximum Gasteiger partial charge on any atom is 0.573 e. The summed E-state index contributed by atoms with van der Waals surface area (Å²) in [5.74, 6) is 0.791. The van der Waals surface area contributed by atoms with E-state index >= 15 is 0 Å². The van der Waals surface area contributed by atoms with Gasteiger partial charge in [0.2, 0.25) is 5.91 Å². The molecule has 3 amide bonds. The number of aliphatic imine (C=N–C) groups is 1. The molecule has 0 atom stereocenters. The predicted molar refractivity (Wildman–Crippen MR) is 170 cm³/mol. The molecule has 1 N–H and O–H groups in total. The first-order chi connectivity index (χ1) is 21.9. The number of anilines is 1. The number of methoxy groups -OCH3 is 1. The third-order valence-electron chi connectivity index (χ3n) is 6.75. The maximum atomic E-state index is 12.9. The second-order valence-corrected chi connectivity index (χ2v) is 11.4. The van der Waals surface area contributed by atoms with Crippen LogP contribution >= 0.6 is 11.8 Å². The molecule has 10 nitrogen and oxygen atoms in total. The summed E-state index contributed by atoms with van der Waals surface area (Å²) in [4.78, 5) is 35.7. The lowest BCUT2D eigenvalue weighted by Crippen LogP contribution is -2.32. The highest BCUT2D eigenvalue weighted by atomic mass is 32.2. The van der Waals surface area contributed by atoms with Crippen LogP contribution < -0.4 is 19.7 Å². The van der Waals surface area contributed by atoms with Gasteiger partial charge in [0.25, 0.3) is 0 Å². The van der Waals surface area contributed by atoms with Crippen molar-refractivity contribution in [2.75, 3.05) is 17.8 Å². The van der Waals surface area contributed by atoms with Crippen molar-refractivity contribution in [1.29, 1.82) is 0 Å². The Kier molecular flexibility index (Phi) is 9.46. The number of rotatable bonds is 8. The van der Waals surface area contributed by atoms with Gasteiger partial charge in [0.1, 0.15) is 17.8 Å². The molecule has 0 aliphatic carbocycles. The van der Waals surface area contributed by atoms with Crippen LogP contribution in [0.5, 0.6) is 11.5 Å². The van der Waals surface area contributed by atoms with Gasteiger partial charge in [-0.05, 0) is 60.4 Å². The largest absolute Gasteiger partial charge is 0.573 e. The fourth-order valence-electron chi connectivity index (χ4n) is 4.63. The molecular formula is C32H29F3N6O4S. The van der Waals surface area contributed by atoms with Crippen molar-refractivity contribution in [3.8, 4) is 28.6 Å². The summed E-state index contributed by atoms with van der Waals surface area (Å²) in [5, 5.41) is 7.44. The number of hydrogen-bond donors (Lipinski definition) is 1. The Balaban J connectivity index is 1.25. The number of nitrogens with one attached hydrogen (secondary N) is 1. The van der Waals surface area contributed by atoms with Crippen molar-refractivity contribution in [2.45, 2.75) is 33.1 Å². The van der Waals surface area contributed by atoms with Gasteiger partial charge >= 0.3 is 12.4 Å². The van der Waals surface area contributed by atoms with E-state index in [-0.39, 0.29) is 28.5 Å². The van der Waals surface area contributed by atoms with Gasteiger partial charge in [-0.15, -0.1) is 18.3 Å². The number of alkyl halides is 3. The number of carbonyl (C=O) groups excluding carboxylic acids is 2. The smallest absolute Gasteiger partial charge is 0.497 e. The van der Waals surface area contributed by atoms with Crippen LogP contribution in [-0.2, 0) is 4.79 Å². The number of allylic oxidation sites excluding steroid dienone is 1. The molecule has 5 rings (SSSR count). The van der Waals surface area contributed by atoms with E-state index in [9.17, 15) is 22.8 Å². The van der Waals surface area contributed by atoms with Gasteiger partial charge in [-0.25, -0.2) is 14.5 Å². The Hall–Kier alpha value is -5.11. The molecule has 1 saturated heterocycles. The topological polar surface area (TPSA) is 111 Å². The van der Waals surface area contributed by atoms with Crippen LogP contribution in [-0.4, -0.2) is 51.1 Å². The zero-order chi connectivity index (χ0) is 33.0. The molecule has 0 unspecified atom stereocenters. The van der Waals surface area contributed by atoms with Crippen molar-refractivity contribution in [3.63, 3.8) is 0 Å². The number of hydrogen-bond acceptors (Lipinski definition) is 7. The number of carbonyl (C=O) groups is 2. The monoisotopic (exact) mass is 650 g/mol. The summed E-state index contributed by atoms with van der Waals surface area (Å²) in [6.07, 6.45) is -1.54. The Labute approximate surface area is 266 Å². The number of thioether (sulfide) groups is 1. The lowest BCUT2D eigenvalue weighted by molar-refractivity contribution is -0.274. The van der Waals surface area contributed by atoms with Gasteiger partial charge in [0.15, 0.2) is 11.0 Å². The highest BCUT2D eigenvalue weighted by Crippen LogP contribution is 2.36. The first-order valence-corrected chi connectivity index (χ1v) is 15.0. The van der Waals surface area contributed by atoms with Crippen LogP contribution in [0.3, 0.4) is 0 Å². The van der Waals surface area contributed by atoms with Gasteiger partial charge in [0, 0.05) is 17.3 Å². The SMILES string of the molecule is COc1ccc(C(C)C)c(N2C(=O)CSC2=NC(=O)N/C(C)=C/c2ccc(-c3ncn(-c4ccc(OC(F)(F)F)cc4)n3)cc2)c1. The van der Waals surface area contributed by atoms with E-state index in [0.717, 1.165) is 11.1 Å². The molecule has 14 heteroatoms. The molecule has 1 aliphatic heterocycles. The standard InChI is InChI=1S/C32H29F3N6O4S/c1-19(2)26-14-13-25(44-4)16-27(26)41-28(42)17-46-31(41)38-30(43)37-20(3)15-21-5-7-22(8-6-21)29-36-18-40(39-29)23-9-11-24(12-10-23)45-32(33,34)35/h5-16,18-19H,17H2,1-4H3,(H,37,43)/b20-15+,38-31?. The van der Waals surface area contributed by atoms with Crippen LogP contribution in [0.1, 0.15) is 37.8 Å². The van der Waals surface area contributed by atoms with E-state index in [1.165, 1.54) is 51.9 Å². The van der Waals surface area contributed by atoms with Gasteiger partial charge in [0.05, 0.1) is 24.2 Å². The van der Waals surface area contributed by atoms with Crippen molar-refractivity contribution in [2.24, 2.45) is 4.99 Å². The normalized spacial score (nSPS) is 14.7. The maximum absolute atomic E-state index is 12.9. The quantitative estimate of drug-likeness (QED) is 0.215. The number of urea groups is 1. The minimum atomic E-state index is -4.77. The molecule has 4 aromatic rings. The van der Waals surface area contributed by atoms with E-state index in [1.807, 2.05) is 38.1 Å². The highest BCUT2D eigenvalue weighted by Gasteiger charge is 2.33. The Morgan fingerprint density at radius 3 is 2.41 bits per heavy atom. The number of nitrogens with zero attached hydrogens (tertiary/aromatic N) is 5. The van der Waals surface area contributed by atoms with E-state index in [1.54, 1.807) is 38.3 Å². The van der Waals surface area contributed by atoms with Gasteiger partial charge in [-0.1, -0.05) is 55.9 Å². The molecule has 0 spiro atoms. The lowest BCUT2D eigenvalue weighted by atomic mass is 10.00. The molecule has 238 valence electrons. The van der Waals surface area contributed by atoms with Gasteiger partial charge in [-0.3, -0.25) is 9.69 Å². The second kappa shape index (κ2) is 13.5. The average molecular weight is 651 g/mol. The highest BCUT2D eigenvalue weighted by molar-refractivity contribution is 8.15. The van der Waals surface area contributed by atoms with Crippen molar-refractivity contribution in [1.82, 2.24) is 20.1 Å². The molecule has 0 bridgehead atoms. The van der Waals surface area contributed by atoms with E-state index in [2.05, 4.69) is 25.1 Å². The van der Waals surface area contributed by atoms with Crippen molar-refractivity contribution < 1.29 is 32.2 Å². The Bertz CT molecular complexity index is 1800. The number of aromatic nitrogens is 3. The summed E-state index contributed by atoms with van der Waals surface area (Å²) < 4.78 is 48.0. The first kappa shape index (κ1) is 32.3. The predicted octanol–water partition coefficient (Wildman–Crippen LogP) is 7.17. The van der Waals surface area contributed by atoms with Crippen molar-refractivity contribution in [3.05, 3.63) is 89.9 Å². The molecule has 0 radical (unpaired) electrons. The van der Waals surface area contributed by atoms with Gasteiger partial charge < -0.3 is 14.8 Å². The molecule has 1 fully saturated rings. The van der Waals surface area contributed by atoms with Crippen LogP contribution in [0.4, 0.5) is 23.7 Å². The van der Waals surface area contributed by atoms with Crippen LogP contribution in [0, 0.1) is 0 Å². The lowest BCUT2D eigenvalue weighted by Gasteiger charge is -2.22. The number of amidine groups is 1. The number of halogens is 3. The molecule has 1 aromatic heterocycles. The van der Waals surface area contributed by atoms with Crippen LogP contribution in [0.15, 0.2) is 83.7 Å². The zero-order valence-electron chi connectivity index (χ0n) is 25.2. The molecule has 0 saturated carbocycles. The molecule has 46 heavy (non-hydrogen) atoms. The summed E-state index contributed by atoms with van der Waals surface area (Å²) >= 11 is 1.19. The third kappa shape index (κ3) is 7.75. The van der Waals surface area contributed by atoms with E-state index in [0.29, 0.717) is 34.2 Å². The zero-order valence-corrected chi connectivity index (χ0v) is 26.0. The van der Waals surface area contributed by atoms with Crippen LogP contribution in [0.25, 0.3) is 23.2 Å². The summed E-state index contributed by atoms with van der Waals surface area (Å²) in [6.45, 7) is 5.77. The fourth-order valence-corrected chi connectivity index (χ4v) is 5.49. The average Bonchev–Trinajstić information content (AvgIpc) is 3.63. The minimum absolute atomic E-state index is 0.125. The summed E-state index contributed by atoms with van der Waals surface area (Å²) in [7, 11) is 1.55. The van der Waals surface area contributed by atoms with E-state index < -0.39 is 12.4 Å². The molecular weight excluding hydrogens is 621 g/mol. The second-order valence-electron chi connectivity index (χ2n) is 10.4. The fraction of sp³-hybridized carbons (Fsp3) is 0.219. The first-order valence-electron chi connectivity index (χ1n) is 14.0. The minimum Gasteiger partial charge on any atom is -0.497 e. The molecule has 3 aromatic carbocycles. The summed E-state index contributed by atoms with van der Waals surface area (Å²) in [6, 6.07) is 17.4. The number of amides is 3. The number of benzene rings is 3. The van der Waals surface area contributed by atoms with Crippen molar-refractivity contribution >= 4 is 40.6 Å². The Morgan fingerprint density at radius 1 is 1.07 bits per heavy atom. The number of ether oxygens (including phenoxy) is 2. The third-order valence-corrected chi connectivity index (χ3v) is 7.67. The molecule has 2 heterocycles. The van der Waals surface area contributed by atoms with Gasteiger partial charge in [-0.2, -0.15) is 4.99 Å².